The van der Waals surface area contributed by atoms with Gasteiger partial charge in [-0.15, -0.1) is 0 Å². The van der Waals surface area contributed by atoms with Gasteiger partial charge in [-0.2, -0.15) is 10.1 Å². The molecule has 39 heavy (non-hydrogen) atoms. The molecule has 0 radical (unpaired) electrons. The lowest BCUT2D eigenvalue weighted by molar-refractivity contribution is -0.149. The van der Waals surface area contributed by atoms with Gasteiger partial charge in [-0.25, -0.2) is 9.55 Å². The lowest BCUT2D eigenvalue weighted by atomic mass is 10.0. The number of carbonyl (C=O) groups excluding carboxylic acids is 1. The number of anilines is 1. The summed E-state index contributed by atoms with van der Waals surface area (Å²) >= 11 is 0. The Kier molecular flexibility index (Phi) is 8.67. The number of para-hydroxylation sites is 1. The number of nitrogens with zero attached hydrogens (tertiary/aromatic N) is 3. The number of carbonyl (C=O) groups is 1. The van der Waals surface area contributed by atoms with E-state index in [-0.39, 0.29) is 22.9 Å². The second-order valence-electron chi connectivity index (χ2n) is 9.18. The van der Waals surface area contributed by atoms with E-state index in [1.165, 1.54) is 30.0 Å². The summed E-state index contributed by atoms with van der Waals surface area (Å²) < 4.78 is 51.3. The SMILES string of the molecule is CC(C)OC(=O)[C@@H](C)N[P@](=O)(OC[C@H]1O[C@@H](n2cnc3c(=O)[nH]c(N)nc32)[C@H](O)[C@@H]1CF)Oc1ccccc1. The van der Waals surface area contributed by atoms with Gasteiger partial charge >= 0.3 is 13.7 Å². The lowest BCUT2D eigenvalue weighted by Gasteiger charge is -2.25. The van der Waals surface area contributed by atoms with E-state index in [0.717, 1.165) is 0 Å². The highest BCUT2D eigenvalue weighted by atomic mass is 31.2. The van der Waals surface area contributed by atoms with E-state index < -0.39 is 69.1 Å². The summed E-state index contributed by atoms with van der Waals surface area (Å²) in [7, 11) is -4.26. The van der Waals surface area contributed by atoms with Crippen molar-refractivity contribution in [2.45, 2.75) is 51.4 Å². The van der Waals surface area contributed by atoms with E-state index in [1.54, 1.807) is 32.0 Å². The number of esters is 1. The van der Waals surface area contributed by atoms with Crippen LogP contribution in [0.5, 0.6) is 5.75 Å². The van der Waals surface area contributed by atoms with E-state index >= 15 is 0 Å². The molecule has 1 aliphatic rings. The highest BCUT2D eigenvalue weighted by molar-refractivity contribution is 7.52. The van der Waals surface area contributed by atoms with Crippen molar-refractivity contribution in [3.63, 3.8) is 0 Å². The third-order valence-electron chi connectivity index (χ3n) is 5.86. The molecule has 1 aromatic carbocycles. The molecule has 0 spiro atoms. The van der Waals surface area contributed by atoms with Gasteiger partial charge in [0.2, 0.25) is 5.95 Å². The van der Waals surface area contributed by atoms with Crippen LogP contribution in [0, 0.1) is 5.92 Å². The van der Waals surface area contributed by atoms with Crippen molar-refractivity contribution in [2.24, 2.45) is 5.92 Å². The molecule has 1 aliphatic heterocycles. The van der Waals surface area contributed by atoms with Gasteiger partial charge in [0.1, 0.15) is 17.9 Å². The van der Waals surface area contributed by atoms with Crippen molar-refractivity contribution in [3.05, 3.63) is 47.0 Å². The average Bonchev–Trinajstić information content (AvgIpc) is 3.43. The first-order valence-electron chi connectivity index (χ1n) is 12.1. The van der Waals surface area contributed by atoms with Crippen LogP contribution in [0.3, 0.4) is 0 Å². The number of aliphatic hydroxyl groups excluding tert-OH is 1. The first-order chi connectivity index (χ1) is 18.5. The molecule has 1 saturated heterocycles. The summed E-state index contributed by atoms with van der Waals surface area (Å²) in [5.74, 6) is -1.79. The van der Waals surface area contributed by atoms with Crippen LogP contribution in [0.4, 0.5) is 10.3 Å². The molecule has 2 aromatic heterocycles. The highest BCUT2D eigenvalue weighted by Crippen LogP contribution is 2.46. The van der Waals surface area contributed by atoms with Crippen LogP contribution in [0.15, 0.2) is 41.5 Å². The van der Waals surface area contributed by atoms with Crippen LogP contribution in [-0.4, -0.2) is 68.2 Å². The van der Waals surface area contributed by atoms with Crippen LogP contribution in [0.1, 0.15) is 27.0 Å². The minimum absolute atomic E-state index is 0.0247. The number of nitrogens with two attached hydrogens (primary N) is 1. The highest BCUT2D eigenvalue weighted by Gasteiger charge is 2.47. The first-order valence-corrected chi connectivity index (χ1v) is 13.6. The number of alkyl halides is 1. The molecular weight excluding hydrogens is 538 g/mol. The predicted octanol–water partition coefficient (Wildman–Crippen LogP) is 1.68. The Morgan fingerprint density at radius 2 is 2.05 bits per heavy atom. The Bertz CT molecular complexity index is 1400. The first kappa shape index (κ1) is 28.6. The largest absolute Gasteiger partial charge is 0.462 e. The molecule has 0 saturated carbocycles. The van der Waals surface area contributed by atoms with Gasteiger partial charge in [-0.05, 0) is 32.9 Å². The quantitative estimate of drug-likeness (QED) is 0.193. The average molecular weight is 568 g/mol. The van der Waals surface area contributed by atoms with Gasteiger partial charge in [-0.1, -0.05) is 18.2 Å². The number of hydrogen-bond donors (Lipinski definition) is 4. The third-order valence-corrected chi connectivity index (χ3v) is 7.50. The normalized spacial score (nSPS) is 23.5. The summed E-state index contributed by atoms with van der Waals surface area (Å²) in [6.07, 6.45) is -2.93. The van der Waals surface area contributed by atoms with Gasteiger partial charge in [-0.3, -0.25) is 28.1 Å². The van der Waals surface area contributed by atoms with Gasteiger partial charge in [0.05, 0.1) is 31.8 Å². The van der Waals surface area contributed by atoms with Gasteiger partial charge < -0.3 is 24.8 Å². The second-order valence-corrected chi connectivity index (χ2v) is 10.9. The standard InChI is InChI=1S/C23H30FN6O8P/c1-12(2)36-22(33)13(3)29-39(34,38-14-7-5-4-6-8-14)35-10-16-15(9-24)18(31)21(37-16)30-11-26-17-19(30)27-23(25)28-20(17)32/h4-8,11-13,15-16,18,21,31H,9-10H2,1-3H3,(H,29,34)(H3,25,27,28,32)/t13-,15-,16-,18-,21-,39+/m1/s1. The van der Waals surface area contributed by atoms with Crippen molar-refractivity contribution in [2.75, 3.05) is 19.0 Å². The molecule has 14 nitrogen and oxygen atoms in total. The van der Waals surface area contributed by atoms with E-state index in [1.807, 2.05) is 0 Å². The van der Waals surface area contributed by atoms with Crippen molar-refractivity contribution in [1.29, 1.82) is 0 Å². The number of fused-ring (bicyclic) bond motifs is 1. The summed E-state index contributed by atoms with van der Waals surface area (Å²) in [4.78, 5) is 34.8. The smallest absolute Gasteiger partial charge is 0.459 e. The third kappa shape index (κ3) is 6.45. The number of halogens is 1. The summed E-state index contributed by atoms with van der Waals surface area (Å²) in [5.41, 5.74) is 5.01. The van der Waals surface area contributed by atoms with Crippen molar-refractivity contribution in [1.82, 2.24) is 24.6 Å². The number of H-pyrrole nitrogens is 1. The fourth-order valence-electron chi connectivity index (χ4n) is 4.01. The number of hydrogen-bond acceptors (Lipinski definition) is 11. The predicted molar refractivity (Wildman–Crippen MR) is 136 cm³/mol. The van der Waals surface area contributed by atoms with Gasteiger partial charge in [0, 0.05) is 5.92 Å². The fraction of sp³-hybridized carbons (Fsp3) is 0.478. The molecule has 3 heterocycles. The number of nitrogen functional groups attached to an aromatic ring is 1. The molecule has 0 aliphatic carbocycles. The number of aromatic nitrogens is 4. The van der Waals surface area contributed by atoms with E-state index in [4.69, 9.17) is 24.3 Å². The number of aromatic amines is 1. The molecule has 5 N–H and O–H groups in total. The molecule has 212 valence electrons. The fourth-order valence-corrected chi connectivity index (χ4v) is 5.51. The Labute approximate surface area is 222 Å². The van der Waals surface area contributed by atoms with Gasteiger partial charge in [0.25, 0.3) is 5.56 Å². The number of nitrogens with one attached hydrogen (secondary N) is 2. The van der Waals surface area contributed by atoms with Crippen LogP contribution in [-0.2, 0) is 23.4 Å². The molecule has 1 fully saturated rings. The van der Waals surface area contributed by atoms with Crippen LogP contribution in [0.25, 0.3) is 11.2 Å². The van der Waals surface area contributed by atoms with Crippen LogP contribution < -0.4 is 20.9 Å². The number of benzene rings is 1. The lowest BCUT2D eigenvalue weighted by Crippen LogP contribution is -2.37. The molecular formula is C23H30FN6O8P. The molecule has 6 atom stereocenters. The monoisotopic (exact) mass is 568 g/mol. The maximum atomic E-state index is 14.1. The summed E-state index contributed by atoms with van der Waals surface area (Å²) in [5, 5.41) is 13.4. The number of rotatable bonds is 11. The topological polar surface area (TPSA) is 193 Å². The summed E-state index contributed by atoms with van der Waals surface area (Å²) in [6, 6.07) is 7.01. The minimum Gasteiger partial charge on any atom is -0.462 e. The zero-order valence-electron chi connectivity index (χ0n) is 21.4. The van der Waals surface area contributed by atoms with Crippen LogP contribution >= 0.6 is 7.75 Å². The zero-order valence-corrected chi connectivity index (χ0v) is 22.3. The molecule has 0 amide bonds. The summed E-state index contributed by atoms with van der Waals surface area (Å²) in [6.45, 7) is 3.26. The van der Waals surface area contributed by atoms with Crippen molar-refractivity contribution < 1.29 is 37.4 Å². The molecule has 4 rings (SSSR count). The van der Waals surface area contributed by atoms with E-state index in [2.05, 4.69) is 20.0 Å². The van der Waals surface area contributed by atoms with Gasteiger partial charge in [0.15, 0.2) is 17.4 Å². The number of aliphatic hydroxyl groups is 1. The molecule has 16 heteroatoms. The van der Waals surface area contributed by atoms with E-state index in [0.29, 0.717) is 0 Å². The maximum Gasteiger partial charge on any atom is 0.459 e. The Morgan fingerprint density at radius 3 is 2.72 bits per heavy atom. The number of imidazole rings is 1. The number of ether oxygens (including phenoxy) is 2. The van der Waals surface area contributed by atoms with Crippen molar-refractivity contribution in [3.8, 4) is 5.75 Å². The Morgan fingerprint density at radius 1 is 1.33 bits per heavy atom. The van der Waals surface area contributed by atoms with E-state index in [9.17, 15) is 23.7 Å². The maximum absolute atomic E-state index is 14.1. The van der Waals surface area contributed by atoms with Crippen LogP contribution in [0.2, 0.25) is 0 Å². The molecule has 3 aromatic rings. The zero-order chi connectivity index (χ0) is 28.3. The molecule has 0 unspecified atom stereocenters. The second kappa shape index (κ2) is 11.8. The van der Waals surface area contributed by atoms with Crippen molar-refractivity contribution >= 4 is 30.8 Å². The minimum atomic E-state index is -4.26. The Hall–Kier alpha value is -3.36. The Balaban J connectivity index is 1.55. The molecule has 0 bridgehead atoms.